The largest absolute Gasteiger partial charge is 0.388 e. The van der Waals surface area contributed by atoms with E-state index in [0.717, 1.165) is 25.7 Å². The first-order valence-electron chi connectivity index (χ1n) is 5.73. The number of carbonyl (C=O) groups is 1. The Morgan fingerprint density at radius 1 is 1.47 bits per heavy atom. The van der Waals surface area contributed by atoms with Crippen molar-refractivity contribution in [3.05, 3.63) is 0 Å². The molecule has 0 aromatic heterocycles. The summed E-state index contributed by atoms with van der Waals surface area (Å²) < 4.78 is 5.08. The molecule has 0 saturated heterocycles. The average molecular weight is 215 g/mol. The fourth-order valence-electron chi connectivity index (χ4n) is 1.87. The Bertz CT molecular complexity index is 200. The van der Waals surface area contributed by atoms with Gasteiger partial charge in [0, 0.05) is 19.6 Å². The molecule has 1 rings (SSSR count). The highest BCUT2D eigenvalue weighted by Crippen LogP contribution is 2.28. The third kappa shape index (κ3) is 4.62. The molecule has 0 aromatic rings. The number of rotatable bonds is 6. The van der Waals surface area contributed by atoms with E-state index < -0.39 is 5.60 Å². The number of ether oxygens (including phenoxy) is 1. The molecule has 0 radical (unpaired) electrons. The quantitative estimate of drug-likeness (QED) is 0.645. The van der Waals surface area contributed by atoms with Crippen molar-refractivity contribution >= 4 is 5.91 Å². The third-order valence-corrected chi connectivity index (χ3v) is 2.83. The summed E-state index contributed by atoms with van der Waals surface area (Å²) in [6, 6.07) is 0. The first-order chi connectivity index (χ1) is 7.16. The summed E-state index contributed by atoms with van der Waals surface area (Å²) >= 11 is 0. The molecule has 88 valence electrons. The zero-order valence-corrected chi connectivity index (χ0v) is 9.42. The molecule has 0 aromatic carbocycles. The topological polar surface area (TPSA) is 58.6 Å². The van der Waals surface area contributed by atoms with Gasteiger partial charge in [-0.25, -0.2) is 0 Å². The van der Waals surface area contributed by atoms with Crippen molar-refractivity contribution in [1.29, 1.82) is 0 Å². The van der Waals surface area contributed by atoms with E-state index in [1.54, 1.807) is 0 Å². The van der Waals surface area contributed by atoms with Gasteiger partial charge in [-0.1, -0.05) is 12.8 Å². The van der Waals surface area contributed by atoms with Crippen LogP contribution in [0.2, 0.25) is 0 Å². The molecule has 0 aliphatic heterocycles. The van der Waals surface area contributed by atoms with Crippen LogP contribution in [-0.2, 0) is 9.53 Å². The van der Waals surface area contributed by atoms with E-state index in [4.69, 9.17) is 4.74 Å². The number of nitrogens with one attached hydrogen (secondary N) is 1. The zero-order valence-electron chi connectivity index (χ0n) is 9.42. The molecule has 1 amide bonds. The fraction of sp³-hybridized carbons (Fsp3) is 0.909. The van der Waals surface area contributed by atoms with Gasteiger partial charge in [0.15, 0.2) is 0 Å². The SMILES string of the molecule is CCOCCC(=O)NCC1(O)CCCC1. The maximum Gasteiger partial charge on any atom is 0.222 e. The van der Waals surface area contributed by atoms with E-state index in [9.17, 15) is 9.90 Å². The van der Waals surface area contributed by atoms with E-state index in [2.05, 4.69) is 5.32 Å². The number of aliphatic hydroxyl groups is 1. The van der Waals surface area contributed by atoms with Crippen LogP contribution in [0, 0.1) is 0 Å². The van der Waals surface area contributed by atoms with Crippen LogP contribution < -0.4 is 5.32 Å². The second-order valence-corrected chi connectivity index (χ2v) is 4.16. The summed E-state index contributed by atoms with van der Waals surface area (Å²) in [5.74, 6) is -0.0382. The van der Waals surface area contributed by atoms with Crippen molar-refractivity contribution in [3.63, 3.8) is 0 Å². The monoisotopic (exact) mass is 215 g/mol. The maximum absolute atomic E-state index is 11.3. The minimum atomic E-state index is -0.652. The summed E-state index contributed by atoms with van der Waals surface area (Å²) in [5, 5.41) is 12.7. The van der Waals surface area contributed by atoms with Crippen LogP contribution in [0.1, 0.15) is 39.0 Å². The molecule has 0 heterocycles. The molecule has 15 heavy (non-hydrogen) atoms. The Balaban J connectivity index is 2.10. The summed E-state index contributed by atoms with van der Waals surface area (Å²) in [4.78, 5) is 11.3. The zero-order chi connectivity index (χ0) is 11.1. The first kappa shape index (κ1) is 12.5. The summed E-state index contributed by atoms with van der Waals surface area (Å²) in [6.07, 6.45) is 4.11. The van der Waals surface area contributed by atoms with Gasteiger partial charge >= 0.3 is 0 Å². The number of carbonyl (C=O) groups excluding carboxylic acids is 1. The van der Waals surface area contributed by atoms with Gasteiger partial charge in [-0.2, -0.15) is 0 Å². The smallest absolute Gasteiger partial charge is 0.222 e. The second-order valence-electron chi connectivity index (χ2n) is 4.16. The van der Waals surface area contributed by atoms with Crippen LogP contribution in [0.4, 0.5) is 0 Å². The van der Waals surface area contributed by atoms with E-state index in [0.29, 0.717) is 26.2 Å². The average Bonchev–Trinajstić information content (AvgIpc) is 2.64. The first-order valence-corrected chi connectivity index (χ1v) is 5.73. The molecule has 0 unspecified atom stereocenters. The standard InChI is InChI=1S/C11H21NO3/c1-2-15-8-5-10(13)12-9-11(14)6-3-4-7-11/h14H,2-9H2,1H3,(H,12,13). The Hall–Kier alpha value is -0.610. The van der Waals surface area contributed by atoms with Gasteiger partial charge in [0.25, 0.3) is 0 Å². The van der Waals surface area contributed by atoms with E-state index in [1.165, 1.54) is 0 Å². The van der Waals surface area contributed by atoms with E-state index in [-0.39, 0.29) is 5.91 Å². The summed E-state index contributed by atoms with van der Waals surface area (Å²) in [5.41, 5.74) is -0.652. The normalized spacial score (nSPS) is 19.1. The Morgan fingerprint density at radius 2 is 2.13 bits per heavy atom. The Labute approximate surface area is 91.0 Å². The lowest BCUT2D eigenvalue weighted by molar-refractivity contribution is -0.123. The molecule has 2 N–H and O–H groups in total. The van der Waals surface area contributed by atoms with Crippen molar-refractivity contribution in [2.45, 2.75) is 44.6 Å². The number of hydrogen-bond acceptors (Lipinski definition) is 3. The number of hydrogen-bond donors (Lipinski definition) is 2. The lowest BCUT2D eigenvalue weighted by Gasteiger charge is -2.22. The van der Waals surface area contributed by atoms with Crippen LogP contribution in [0.3, 0.4) is 0 Å². The van der Waals surface area contributed by atoms with E-state index >= 15 is 0 Å². The van der Waals surface area contributed by atoms with Crippen LogP contribution in [-0.4, -0.2) is 36.4 Å². The van der Waals surface area contributed by atoms with Crippen molar-refractivity contribution < 1.29 is 14.6 Å². The molecule has 1 saturated carbocycles. The molecule has 4 nitrogen and oxygen atoms in total. The highest BCUT2D eigenvalue weighted by molar-refractivity contribution is 5.76. The Kier molecular flexibility index (Phi) is 5.05. The Morgan fingerprint density at radius 3 is 2.73 bits per heavy atom. The molecule has 0 bridgehead atoms. The number of amides is 1. The van der Waals surface area contributed by atoms with Gasteiger partial charge in [0.2, 0.25) is 5.91 Å². The third-order valence-electron chi connectivity index (χ3n) is 2.83. The highest BCUT2D eigenvalue weighted by Gasteiger charge is 2.31. The van der Waals surface area contributed by atoms with Crippen LogP contribution in [0.5, 0.6) is 0 Å². The van der Waals surface area contributed by atoms with Crippen molar-refractivity contribution in [3.8, 4) is 0 Å². The summed E-state index contributed by atoms with van der Waals surface area (Å²) in [6.45, 7) is 3.38. The van der Waals surface area contributed by atoms with Crippen LogP contribution in [0.15, 0.2) is 0 Å². The van der Waals surface area contributed by atoms with Gasteiger partial charge in [0.1, 0.15) is 0 Å². The lowest BCUT2D eigenvalue weighted by Crippen LogP contribution is -2.41. The molecule has 1 aliphatic rings. The van der Waals surface area contributed by atoms with Gasteiger partial charge in [-0.05, 0) is 19.8 Å². The van der Waals surface area contributed by atoms with Crippen LogP contribution >= 0.6 is 0 Å². The molecular weight excluding hydrogens is 194 g/mol. The molecule has 0 spiro atoms. The summed E-state index contributed by atoms with van der Waals surface area (Å²) in [7, 11) is 0. The minimum Gasteiger partial charge on any atom is -0.388 e. The minimum absolute atomic E-state index is 0.0382. The molecule has 1 aliphatic carbocycles. The van der Waals surface area contributed by atoms with E-state index in [1.807, 2.05) is 6.92 Å². The van der Waals surface area contributed by atoms with Crippen molar-refractivity contribution in [1.82, 2.24) is 5.32 Å². The lowest BCUT2D eigenvalue weighted by atomic mass is 10.0. The van der Waals surface area contributed by atoms with Gasteiger partial charge < -0.3 is 15.2 Å². The molecular formula is C11H21NO3. The predicted octanol–water partition coefficient (Wildman–Crippen LogP) is 0.834. The van der Waals surface area contributed by atoms with Crippen molar-refractivity contribution in [2.75, 3.05) is 19.8 Å². The molecule has 1 fully saturated rings. The second kappa shape index (κ2) is 6.08. The highest BCUT2D eigenvalue weighted by atomic mass is 16.5. The maximum atomic E-state index is 11.3. The molecule has 4 heteroatoms. The van der Waals surface area contributed by atoms with Gasteiger partial charge in [0.05, 0.1) is 12.2 Å². The predicted molar refractivity (Wildman–Crippen MR) is 57.5 cm³/mol. The van der Waals surface area contributed by atoms with Crippen LogP contribution in [0.25, 0.3) is 0 Å². The van der Waals surface area contributed by atoms with Gasteiger partial charge in [-0.3, -0.25) is 4.79 Å². The van der Waals surface area contributed by atoms with Gasteiger partial charge in [-0.15, -0.1) is 0 Å². The van der Waals surface area contributed by atoms with Crippen molar-refractivity contribution in [2.24, 2.45) is 0 Å². The molecule has 0 atom stereocenters. The fourth-order valence-corrected chi connectivity index (χ4v) is 1.87.